The lowest BCUT2D eigenvalue weighted by atomic mass is 10.1. The SMILES string of the molecule is CO/C(=C\C(C)C)c1ccccc1. The summed E-state index contributed by atoms with van der Waals surface area (Å²) in [6, 6.07) is 10.1. The van der Waals surface area contributed by atoms with E-state index in [1.807, 2.05) is 18.2 Å². The van der Waals surface area contributed by atoms with Gasteiger partial charge < -0.3 is 4.74 Å². The number of ether oxygens (including phenoxy) is 1. The number of allylic oxidation sites excluding steroid dienone is 1. The molecule has 13 heavy (non-hydrogen) atoms. The smallest absolute Gasteiger partial charge is 0.122 e. The lowest BCUT2D eigenvalue weighted by Gasteiger charge is -2.07. The molecular weight excluding hydrogens is 160 g/mol. The molecule has 0 aromatic heterocycles. The van der Waals surface area contributed by atoms with Crippen LogP contribution >= 0.6 is 0 Å². The highest BCUT2D eigenvalue weighted by Crippen LogP contribution is 2.16. The van der Waals surface area contributed by atoms with E-state index < -0.39 is 0 Å². The first-order chi connectivity index (χ1) is 6.24. The van der Waals surface area contributed by atoms with Gasteiger partial charge in [-0.1, -0.05) is 44.2 Å². The summed E-state index contributed by atoms with van der Waals surface area (Å²) < 4.78 is 5.31. The van der Waals surface area contributed by atoms with Crippen molar-refractivity contribution >= 4 is 5.76 Å². The number of hydrogen-bond acceptors (Lipinski definition) is 1. The van der Waals surface area contributed by atoms with Gasteiger partial charge in [-0.3, -0.25) is 0 Å². The predicted molar refractivity (Wildman–Crippen MR) is 56.3 cm³/mol. The van der Waals surface area contributed by atoms with Crippen LogP contribution in [-0.4, -0.2) is 7.11 Å². The van der Waals surface area contributed by atoms with Crippen LogP contribution in [0.1, 0.15) is 19.4 Å². The molecule has 1 heteroatoms. The third-order valence-electron chi connectivity index (χ3n) is 1.76. The Morgan fingerprint density at radius 3 is 2.31 bits per heavy atom. The van der Waals surface area contributed by atoms with Gasteiger partial charge in [0.15, 0.2) is 0 Å². The normalized spacial score (nSPS) is 11.8. The van der Waals surface area contributed by atoms with Crippen molar-refractivity contribution in [2.24, 2.45) is 5.92 Å². The first-order valence-electron chi connectivity index (χ1n) is 4.55. The Hall–Kier alpha value is -1.24. The molecule has 1 rings (SSSR count). The van der Waals surface area contributed by atoms with Crippen LogP contribution in [0.2, 0.25) is 0 Å². The molecule has 0 bridgehead atoms. The highest BCUT2D eigenvalue weighted by atomic mass is 16.5. The Kier molecular flexibility index (Phi) is 3.56. The molecule has 0 spiro atoms. The first kappa shape index (κ1) is 9.85. The van der Waals surface area contributed by atoms with Gasteiger partial charge in [0.2, 0.25) is 0 Å². The zero-order valence-electron chi connectivity index (χ0n) is 8.45. The second-order valence-electron chi connectivity index (χ2n) is 3.35. The summed E-state index contributed by atoms with van der Waals surface area (Å²) in [5.74, 6) is 1.46. The van der Waals surface area contributed by atoms with E-state index in [4.69, 9.17) is 4.74 Å². The summed E-state index contributed by atoms with van der Waals surface area (Å²) in [6.07, 6.45) is 2.12. The van der Waals surface area contributed by atoms with E-state index in [0.29, 0.717) is 5.92 Å². The fourth-order valence-corrected chi connectivity index (χ4v) is 1.19. The zero-order valence-corrected chi connectivity index (χ0v) is 8.45. The molecule has 0 aliphatic heterocycles. The molecule has 0 saturated carbocycles. The molecule has 70 valence electrons. The maximum absolute atomic E-state index is 5.31. The van der Waals surface area contributed by atoms with Gasteiger partial charge in [0.25, 0.3) is 0 Å². The highest BCUT2D eigenvalue weighted by molar-refractivity contribution is 5.59. The zero-order chi connectivity index (χ0) is 9.68. The van der Waals surface area contributed by atoms with Gasteiger partial charge >= 0.3 is 0 Å². The molecule has 0 atom stereocenters. The van der Waals surface area contributed by atoms with Crippen LogP contribution in [0.25, 0.3) is 5.76 Å². The van der Waals surface area contributed by atoms with E-state index in [2.05, 4.69) is 32.1 Å². The second kappa shape index (κ2) is 4.70. The number of rotatable bonds is 3. The topological polar surface area (TPSA) is 9.23 Å². The minimum atomic E-state index is 0.509. The molecule has 0 unspecified atom stereocenters. The quantitative estimate of drug-likeness (QED) is 0.642. The van der Waals surface area contributed by atoms with Gasteiger partial charge in [-0.25, -0.2) is 0 Å². The van der Waals surface area contributed by atoms with Crippen LogP contribution in [0, 0.1) is 5.92 Å². The van der Waals surface area contributed by atoms with Crippen LogP contribution in [0.4, 0.5) is 0 Å². The van der Waals surface area contributed by atoms with E-state index in [1.165, 1.54) is 0 Å². The summed E-state index contributed by atoms with van der Waals surface area (Å²) in [5.41, 5.74) is 1.14. The summed E-state index contributed by atoms with van der Waals surface area (Å²) in [7, 11) is 1.71. The largest absolute Gasteiger partial charge is 0.496 e. The van der Waals surface area contributed by atoms with E-state index in [1.54, 1.807) is 7.11 Å². The van der Waals surface area contributed by atoms with Crippen molar-refractivity contribution in [3.63, 3.8) is 0 Å². The molecule has 0 N–H and O–H groups in total. The Morgan fingerprint density at radius 1 is 1.23 bits per heavy atom. The molecule has 1 aromatic carbocycles. The fraction of sp³-hybridized carbons (Fsp3) is 0.333. The Balaban J connectivity index is 2.91. The van der Waals surface area contributed by atoms with Crippen molar-refractivity contribution in [2.45, 2.75) is 13.8 Å². The van der Waals surface area contributed by atoms with E-state index in [0.717, 1.165) is 11.3 Å². The van der Waals surface area contributed by atoms with E-state index >= 15 is 0 Å². The van der Waals surface area contributed by atoms with Gasteiger partial charge in [0.05, 0.1) is 7.11 Å². The Morgan fingerprint density at radius 2 is 1.85 bits per heavy atom. The molecule has 0 aliphatic carbocycles. The van der Waals surface area contributed by atoms with Gasteiger partial charge in [0.1, 0.15) is 5.76 Å². The monoisotopic (exact) mass is 176 g/mol. The maximum Gasteiger partial charge on any atom is 0.122 e. The van der Waals surface area contributed by atoms with Crippen molar-refractivity contribution in [3.8, 4) is 0 Å². The average Bonchev–Trinajstić information content (AvgIpc) is 2.15. The number of methoxy groups -OCH3 is 1. The summed E-state index contributed by atoms with van der Waals surface area (Å²) >= 11 is 0. The lowest BCUT2D eigenvalue weighted by molar-refractivity contribution is 0.367. The Labute approximate surface area is 80.0 Å². The molecular formula is C12H16O. The standard InChI is InChI=1S/C12H16O/c1-10(2)9-12(13-3)11-7-5-4-6-8-11/h4-10H,1-3H3/b12-9-. The highest BCUT2D eigenvalue weighted by Gasteiger charge is 2.00. The molecule has 0 aliphatic rings. The molecule has 0 saturated heterocycles. The van der Waals surface area contributed by atoms with Gasteiger partial charge in [-0.2, -0.15) is 0 Å². The molecule has 0 fully saturated rings. The first-order valence-corrected chi connectivity index (χ1v) is 4.55. The molecule has 0 radical (unpaired) electrons. The lowest BCUT2D eigenvalue weighted by Crippen LogP contribution is -1.90. The van der Waals surface area contributed by atoms with E-state index in [9.17, 15) is 0 Å². The van der Waals surface area contributed by atoms with Crippen LogP contribution < -0.4 is 0 Å². The number of benzene rings is 1. The number of hydrogen-bond donors (Lipinski definition) is 0. The van der Waals surface area contributed by atoms with Gasteiger partial charge in [-0.05, 0) is 12.0 Å². The summed E-state index contributed by atoms with van der Waals surface area (Å²) in [6.45, 7) is 4.28. The van der Waals surface area contributed by atoms with Gasteiger partial charge in [0, 0.05) is 5.56 Å². The predicted octanol–water partition coefficient (Wildman–Crippen LogP) is 3.33. The molecule has 1 nitrogen and oxygen atoms in total. The third kappa shape index (κ3) is 2.94. The van der Waals surface area contributed by atoms with Crippen molar-refractivity contribution < 1.29 is 4.74 Å². The molecule has 0 heterocycles. The van der Waals surface area contributed by atoms with Crippen LogP contribution in [0.3, 0.4) is 0 Å². The molecule has 0 amide bonds. The van der Waals surface area contributed by atoms with Crippen molar-refractivity contribution in [3.05, 3.63) is 42.0 Å². The minimum absolute atomic E-state index is 0.509. The average molecular weight is 176 g/mol. The molecule has 1 aromatic rings. The fourth-order valence-electron chi connectivity index (χ4n) is 1.19. The maximum atomic E-state index is 5.31. The van der Waals surface area contributed by atoms with Crippen LogP contribution in [0.15, 0.2) is 36.4 Å². The van der Waals surface area contributed by atoms with Crippen molar-refractivity contribution in [2.75, 3.05) is 7.11 Å². The van der Waals surface area contributed by atoms with Gasteiger partial charge in [-0.15, -0.1) is 0 Å². The van der Waals surface area contributed by atoms with Crippen molar-refractivity contribution in [1.29, 1.82) is 0 Å². The van der Waals surface area contributed by atoms with Crippen molar-refractivity contribution in [1.82, 2.24) is 0 Å². The summed E-state index contributed by atoms with van der Waals surface area (Å²) in [5, 5.41) is 0. The van der Waals surface area contributed by atoms with Crippen LogP contribution in [0.5, 0.6) is 0 Å². The van der Waals surface area contributed by atoms with E-state index in [-0.39, 0.29) is 0 Å². The van der Waals surface area contributed by atoms with Crippen LogP contribution in [-0.2, 0) is 4.74 Å². The Bertz CT molecular complexity index is 272. The minimum Gasteiger partial charge on any atom is -0.496 e. The summed E-state index contributed by atoms with van der Waals surface area (Å²) in [4.78, 5) is 0. The second-order valence-corrected chi connectivity index (χ2v) is 3.35. The third-order valence-corrected chi connectivity index (χ3v) is 1.76.